The van der Waals surface area contributed by atoms with Crippen LogP contribution in [0.15, 0.2) is 35.3 Å². The van der Waals surface area contributed by atoms with Gasteiger partial charge in [0.2, 0.25) is 0 Å². The maximum Gasteiger partial charge on any atom is 0.198 e. The highest BCUT2D eigenvalue weighted by Crippen LogP contribution is 2.13. The molecule has 0 saturated carbocycles. The van der Waals surface area contributed by atoms with E-state index >= 15 is 0 Å². The molecule has 0 radical (unpaired) electrons. The van der Waals surface area contributed by atoms with Gasteiger partial charge in [0.1, 0.15) is 0 Å². The molecule has 0 aliphatic carbocycles. The van der Waals surface area contributed by atoms with Crippen LogP contribution >= 0.6 is 24.0 Å². The zero-order valence-electron chi connectivity index (χ0n) is 14.9. The van der Waals surface area contributed by atoms with Crippen LogP contribution in [0.3, 0.4) is 0 Å². The summed E-state index contributed by atoms with van der Waals surface area (Å²) < 4.78 is 11.3. The number of nitrogens with one attached hydrogen (secondary N) is 1. The summed E-state index contributed by atoms with van der Waals surface area (Å²) in [7, 11) is 0. The number of anilines is 1. The largest absolute Gasteiger partial charge is 0.377 e. The van der Waals surface area contributed by atoms with E-state index in [1.807, 2.05) is 18.2 Å². The van der Waals surface area contributed by atoms with E-state index in [1.54, 1.807) is 0 Å². The Morgan fingerprint density at radius 1 is 1.16 bits per heavy atom. The summed E-state index contributed by atoms with van der Waals surface area (Å²) in [5.41, 5.74) is 1.09. The van der Waals surface area contributed by atoms with Gasteiger partial charge < -0.3 is 19.7 Å². The predicted molar refractivity (Wildman–Crippen MR) is 113 cm³/mol. The van der Waals surface area contributed by atoms with Crippen LogP contribution in [-0.4, -0.2) is 56.4 Å². The molecule has 2 saturated heterocycles. The molecule has 0 spiro atoms. The lowest BCUT2D eigenvalue weighted by molar-refractivity contribution is 0.0199. The second-order valence-corrected chi connectivity index (χ2v) is 6.45. The number of para-hydroxylation sites is 1. The van der Waals surface area contributed by atoms with Gasteiger partial charge in [0, 0.05) is 25.4 Å². The monoisotopic (exact) mass is 459 g/mol. The maximum atomic E-state index is 5.73. The molecule has 140 valence electrons. The van der Waals surface area contributed by atoms with Crippen LogP contribution in [0, 0.1) is 0 Å². The van der Waals surface area contributed by atoms with Crippen LogP contribution in [0.5, 0.6) is 0 Å². The topological polar surface area (TPSA) is 46.1 Å². The number of hydrogen-bond donors (Lipinski definition) is 1. The second-order valence-electron chi connectivity index (χ2n) is 6.45. The van der Waals surface area contributed by atoms with Gasteiger partial charge in [0.05, 0.1) is 25.9 Å². The van der Waals surface area contributed by atoms with E-state index < -0.39 is 0 Å². The number of nitrogens with zero attached hydrogens (tertiary/aromatic N) is 2. The number of halogens is 1. The van der Waals surface area contributed by atoms with E-state index in [0.717, 1.165) is 44.2 Å². The average Bonchev–Trinajstić information content (AvgIpc) is 3.15. The van der Waals surface area contributed by atoms with Crippen molar-refractivity contribution in [2.45, 2.75) is 38.2 Å². The van der Waals surface area contributed by atoms with Gasteiger partial charge in [-0.25, -0.2) is 0 Å². The molecule has 1 aromatic rings. The average molecular weight is 459 g/mol. The Bertz CT molecular complexity index is 501. The zero-order chi connectivity index (χ0) is 16.5. The number of guanidine groups is 1. The first-order chi connectivity index (χ1) is 11.9. The maximum absolute atomic E-state index is 5.73. The Kier molecular flexibility index (Phi) is 9.57. The predicted octanol–water partition coefficient (Wildman–Crippen LogP) is 3.75. The molecule has 0 aromatic heterocycles. The van der Waals surface area contributed by atoms with Crippen molar-refractivity contribution in [1.29, 1.82) is 0 Å². The van der Waals surface area contributed by atoms with Crippen LogP contribution in [-0.2, 0) is 9.47 Å². The Morgan fingerprint density at radius 2 is 1.96 bits per heavy atom. The number of ether oxygens (including phenoxy) is 2. The highest BCUT2D eigenvalue weighted by molar-refractivity contribution is 14.0. The van der Waals surface area contributed by atoms with Gasteiger partial charge in [-0.1, -0.05) is 18.2 Å². The van der Waals surface area contributed by atoms with Crippen LogP contribution in [0.4, 0.5) is 5.69 Å². The van der Waals surface area contributed by atoms with E-state index in [0.29, 0.717) is 19.8 Å². The van der Waals surface area contributed by atoms with Gasteiger partial charge in [0.15, 0.2) is 5.96 Å². The molecule has 0 bridgehead atoms. The Morgan fingerprint density at radius 3 is 2.68 bits per heavy atom. The molecule has 2 aliphatic rings. The third kappa shape index (κ3) is 7.11. The number of piperidine rings is 1. The van der Waals surface area contributed by atoms with Crippen molar-refractivity contribution in [2.75, 3.05) is 44.8 Å². The quantitative estimate of drug-likeness (QED) is 0.305. The lowest BCUT2D eigenvalue weighted by atomic mass is 10.1. The number of rotatable bonds is 6. The fourth-order valence-corrected chi connectivity index (χ4v) is 3.18. The van der Waals surface area contributed by atoms with Crippen molar-refractivity contribution in [2.24, 2.45) is 4.99 Å². The summed E-state index contributed by atoms with van der Waals surface area (Å²) in [6, 6.07) is 10.3. The van der Waals surface area contributed by atoms with Crippen LogP contribution in [0.2, 0.25) is 0 Å². The fourth-order valence-electron chi connectivity index (χ4n) is 3.18. The molecule has 5 nitrogen and oxygen atoms in total. The third-order valence-corrected chi connectivity index (χ3v) is 4.51. The lowest BCUT2D eigenvalue weighted by Crippen LogP contribution is -2.40. The minimum absolute atomic E-state index is 0. The zero-order valence-corrected chi connectivity index (χ0v) is 17.2. The van der Waals surface area contributed by atoms with E-state index in [-0.39, 0.29) is 30.1 Å². The minimum atomic E-state index is 0. The van der Waals surface area contributed by atoms with Gasteiger partial charge in [0.25, 0.3) is 0 Å². The molecule has 2 fully saturated rings. The Balaban J connectivity index is 0.00000225. The SMILES string of the molecule is I.c1ccc(NC(=NCCOCC2CCCO2)N2CCCCC2)cc1. The first-order valence-corrected chi connectivity index (χ1v) is 9.22. The highest BCUT2D eigenvalue weighted by Gasteiger charge is 2.16. The Labute approximate surface area is 168 Å². The second kappa shape index (κ2) is 11.7. The van der Waals surface area contributed by atoms with Crippen molar-refractivity contribution in [3.8, 4) is 0 Å². The molecule has 3 rings (SSSR count). The van der Waals surface area contributed by atoms with E-state index in [4.69, 9.17) is 14.5 Å². The summed E-state index contributed by atoms with van der Waals surface area (Å²) in [6.07, 6.45) is 6.37. The molecule has 0 amide bonds. The molecular formula is C19H30IN3O2. The molecule has 1 unspecified atom stereocenters. The fraction of sp³-hybridized carbons (Fsp3) is 0.632. The van der Waals surface area contributed by atoms with E-state index in [1.165, 1.54) is 19.3 Å². The van der Waals surface area contributed by atoms with Gasteiger partial charge in [-0.3, -0.25) is 4.99 Å². The van der Waals surface area contributed by atoms with Crippen molar-refractivity contribution < 1.29 is 9.47 Å². The highest BCUT2D eigenvalue weighted by atomic mass is 127. The lowest BCUT2D eigenvalue weighted by Gasteiger charge is -2.30. The van der Waals surface area contributed by atoms with Crippen LogP contribution in [0.1, 0.15) is 32.1 Å². The summed E-state index contributed by atoms with van der Waals surface area (Å²) in [6.45, 7) is 5.06. The molecule has 6 heteroatoms. The van der Waals surface area contributed by atoms with Gasteiger partial charge in [-0.15, -0.1) is 24.0 Å². The molecule has 1 atom stereocenters. The van der Waals surface area contributed by atoms with Gasteiger partial charge in [-0.05, 0) is 44.2 Å². The first-order valence-electron chi connectivity index (χ1n) is 9.22. The normalized spacial score (nSPS) is 21.0. The van der Waals surface area contributed by atoms with Crippen LogP contribution in [0.25, 0.3) is 0 Å². The van der Waals surface area contributed by atoms with E-state index in [9.17, 15) is 0 Å². The number of hydrogen-bond acceptors (Lipinski definition) is 3. The molecule has 2 heterocycles. The number of benzene rings is 1. The molecule has 2 aliphatic heterocycles. The van der Waals surface area contributed by atoms with Crippen molar-refractivity contribution in [3.05, 3.63) is 30.3 Å². The standard InChI is InChI=1S/C19H29N3O2.HI/c1-3-8-17(9-4-1)21-19(22-12-5-2-6-13-22)20-11-15-23-16-18-10-7-14-24-18;/h1,3-4,8-9,18H,2,5-7,10-16H2,(H,20,21);1H. The number of likely N-dealkylation sites (tertiary alicyclic amines) is 1. The molecule has 25 heavy (non-hydrogen) atoms. The summed E-state index contributed by atoms with van der Waals surface area (Å²) in [4.78, 5) is 7.13. The summed E-state index contributed by atoms with van der Waals surface area (Å²) in [5.74, 6) is 0.974. The van der Waals surface area contributed by atoms with Crippen molar-refractivity contribution in [1.82, 2.24) is 4.90 Å². The summed E-state index contributed by atoms with van der Waals surface area (Å²) in [5, 5.41) is 3.48. The minimum Gasteiger partial charge on any atom is -0.377 e. The van der Waals surface area contributed by atoms with Gasteiger partial charge >= 0.3 is 0 Å². The van der Waals surface area contributed by atoms with Crippen LogP contribution < -0.4 is 5.32 Å². The Hall–Kier alpha value is -0.860. The van der Waals surface area contributed by atoms with Gasteiger partial charge in [-0.2, -0.15) is 0 Å². The smallest absolute Gasteiger partial charge is 0.198 e. The molecule has 1 N–H and O–H groups in total. The van der Waals surface area contributed by atoms with E-state index in [2.05, 4.69) is 22.3 Å². The summed E-state index contributed by atoms with van der Waals surface area (Å²) >= 11 is 0. The first kappa shape index (κ1) is 20.5. The number of aliphatic imine (C=N–C) groups is 1. The molecule has 1 aromatic carbocycles. The molecular weight excluding hydrogens is 429 g/mol. The van der Waals surface area contributed by atoms with Crippen molar-refractivity contribution in [3.63, 3.8) is 0 Å². The third-order valence-electron chi connectivity index (χ3n) is 4.51. The van der Waals surface area contributed by atoms with Crippen molar-refractivity contribution >= 4 is 35.6 Å².